The van der Waals surface area contributed by atoms with E-state index in [1.807, 2.05) is 31.2 Å². The summed E-state index contributed by atoms with van der Waals surface area (Å²) in [7, 11) is 1.71. The van der Waals surface area contributed by atoms with Gasteiger partial charge in [-0.3, -0.25) is 5.01 Å². The normalized spacial score (nSPS) is 19.2. The molecule has 1 heterocycles. The molecular weight excluding hydrogens is 238 g/mol. The minimum absolute atomic E-state index is 0.0595. The van der Waals surface area contributed by atoms with Crippen molar-refractivity contribution >= 4 is 23.3 Å². The lowest BCUT2D eigenvalue weighted by Crippen LogP contribution is -2.45. The van der Waals surface area contributed by atoms with Gasteiger partial charge in [0.25, 0.3) is 0 Å². The fourth-order valence-electron chi connectivity index (χ4n) is 1.60. The van der Waals surface area contributed by atoms with Crippen LogP contribution in [0.15, 0.2) is 34.4 Å². The number of hydrogen-bond donors (Lipinski definition) is 2. The van der Waals surface area contributed by atoms with Gasteiger partial charge in [-0.2, -0.15) is 5.10 Å². The van der Waals surface area contributed by atoms with E-state index in [9.17, 15) is 0 Å². The number of hydrogen-bond acceptors (Lipinski definition) is 5. The highest BCUT2D eigenvalue weighted by atomic mass is 35.5. The van der Waals surface area contributed by atoms with Crippen molar-refractivity contribution in [2.75, 3.05) is 7.05 Å². The van der Waals surface area contributed by atoms with Crippen molar-refractivity contribution in [2.24, 2.45) is 15.9 Å². The molecule has 0 aromatic heterocycles. The molecular formula is C11H14ClN5. The average Bonchev–Trinajstić information content (AvgIpc) is 2.28. The highest BCUT2D eigenvalue weighted by molar-refractivity contribution is 6.31. The Bertz CT molecular complexity index is 481. The van der Waals surface area contributed by atoms with Crippen LogP contribution < -0.4 is 11.3 Å². The zero-order valence-corrected chi connectivity index (χ0v) is 10.4. The minimum atomic E-state index is -0.0595. The fourth-order valence-corrected chi connectivity index (χ4v) is 1.79. The zero-order chi connectivity index (χ0) is 12.4. The lowest BCUT2D eigenvalue weighted by molar-refractivity contribution is 0.506. The third-order valence-electron chi connectivity index (χ3n) is 2.44. The van der Waals surface area contributed by atoms with Crippen LogP contribution >= 0.6 is 11.6 Å². The number of hydrazone groups is 1. The molecule has 0 radical (unpaired) electrons. The van der Waals surface area contributed by atoms with E-state index >= 15 is 0 Å². The van der Waals surface area contributed by atoms with Gasteiger partial charge < -0.3 is 0 Å². The molecule has 17 heavy (non-hydrogen) atoms. The van der Waals surface area contributed by atoms with Crippen molar-refractivity contribution in [1.29, 1.82) is 0 Å². The molecule has 0 amide bonds. The molecule has 1 aliphatic heterocycles. The number of halogens is 1. The van der Waals surface area contributed by atoms with Crippen LogP contribution in [-0.4, -0.2) is 29.8 Å². The van der Waals surface area contributed by atoms with Crippen LogP contribution in [0, 0.1) is 0 Å². The summed E-state index contributed by atoms with van der Waals surface area (Å²) < 4.78 is 0. The van der Waals surface area contributed by atoms with Gasteiger partial charge in [-0.15, -0.1) is 0 Å². The van der Waals surface area contributed by atoms with E-state index in [0.717, 1.165) is 11.3 Å². The predicted octanol–water partition coefficient (Wildman–Crippen LogP) is 1.20. The van der Waals surface area contributed by atoms with E-state index in [2.05, 4.69) is 15.5 Å². The molecule has 0 spiro atoms. The first-order valence-corrected chi connectivity index (χ1v) is 5.61. The molecule has 1 aliphatic rings. The minimum Gasteiger partial charge on any atom is -0.283 e. The van der Waals surface area contributed by atoms with Crippen molar-refractivity contribution in [3.63, 3.8) is 0 Å². The van der Waals surface area contributed by atoms with Gasteiger partial charge in [0.1, 0.15) is 0 Å². The van der Waals surface area contributed by atoms with Gasteiger partial charge in [-0.05, 0) is 19.1 Å². The molecule has 1 aromatic carbocycles. The van der Waals surface area contributed by atoms with Crippen molar-refractivity contribution in [2.45, 2.75) is 13.0 Å². The molecule has 1 atom stereocenters. The number of benzene rings is 1. The summed E-state index contributed by atoms with van der Waals surface area (Å²) in [6.45, 7) is 1.96. The van der Waals surface area contributed by atoms with Crippen LogP contribution in [-0.2, 0) is 0 Å². The predicted molar refractivity (Wildman–Crippen MR) is 70.0 cm³/mol. The number of nitrogens with two attached hydrogens (primary N) is 1. The second-order valence-electron chi connectivity index (χ2n) is 3.86. The molecule has 1 aromatic rings. The monoisotopic (exact) mass is 251 g/mol. The van der Waals surface area contributed by atoms with E-state index in [0.29, 0.717) is 11.0 Å². The summed E-state index contributed by atoms with van der Waals surface area (Å²) >= 11 is 5.95. The van der Waals surface area contributed by atoms with Crippen LogP contribution in [0.3, 0.4) is 0 Å². The fraction of sp³-hybridized carbons (Fsp3) is 0.273. The van der Waals surface area contributed by atoms with E-state index < -0.39 is 0 Å². The second-order valence-corrected chi connectivity index (χ2v) is 4.30. The summed E-state index contributed by atoms with van der Waals surface area (Å²) in [6, 6.07) is 7.48. The van der Waals surface area contributed by atoms with E-state index in [-0.39, 0.29) is 6.04 Å². The van der Waals surface area contributed by atoms with E-state index in [1.165, 1.54) is 5.01 Å². The molecule has 5 nitrogen and oxygen atoms in total. The lowest BCUT2D eigenvalue weighted by Gasteiger charge is -2.22. The first-order chi connectivity index (χ1) is 8.08. The maximum atomic E-state index is 5.95. The Kier molecular flexibility index (Phi) is 3.31. The Balaban J connectivity index is 2.26. The standard InChI is InChI=1S/C11H14ClN5/c1-7-10(8-4-3-5-9(12)6-8)15-16-11(14-7)17(2)13/h3-7H,13H2,1-2H3,(H,14,16). The summed E-state index contributed by atoms with van der Waals surface area (Å²) in [6.07, 6.45) is 0. The molecule has 0 aliphatic carbocycles. The van der Waals surface area contributed by atoms with E-state index in [4.69, 9.17) is 17.4 Å². The van der Waals surface area contributed by atoms with Crippen molar-refractivity contribution < 1.29 is 0 Å². The highest BCUT2D eigenvalue weighted by Gasteiger charge is 2.19. The van der Waals surface area contributed by atoms with Crippen molar-refractivity contribution in [3.05, 3.63) is 34.9 Å². The largest absolute Gasteiger partial charge is 0.283 e. The van der Waals surface area contributed by atoms with Crippen LogP contribution in [0.25, 0.3) is 0 Å². The maximum absolute atomic E-state index is 5.95. The summed E-state index contributed by atoms with van der Waals surface area (Å²) in [5.41, 5.74) is 4.62. The van der Waals surface area contributed by atoms with Gasteiger partial charge in [-0.25, -0.2) is 16.3 Å². The van der Waals surface area contributed by atoms with Crippen LogP contribution in [0.2, 0.25) is 5.02 Å². The third-order valence-corrected chi connectivity index (χ3v) is 2.68. The van der Waals surface area contributed by atoms with Crippen molar-refractivity contribution in [3.8, 4) is 0 Å². The van der Waals surface area contributed by atoms with Gasteiger partial charge in [0, 0.05) is 17.6 Å². The quantitative estimate of drug-likeness (QED) is 0.582. The summed E-state index contributed by atoms with van der Waals surface area (Å²) in [4.78, 5) is 4.40. The van der Waals surface area contributed by atoms with Crippen LogP contribution in [0.1, 0.15) is 12.5 Å². The number of aliphatic imine (C=N–C) groups is 1. The molecule has 2 rings (SSSR count). The Morgan fingerprint density at radius 2 is 2.24 bits per heavy atom. The first-order valence-electron chi connectivity index (χ1n) is 5.23. The smallest absolute Gasteiger partial charge is 0.229 e. The van der Waals surface area contributed by atoms with Gasteiger partial charge >= 0.3 is 0 Å². The van der Waals surface area contributed by atoms with Gasteiger partial charge in [0.05, 0.1) is 11.8 Å². The maximum Gasteiger partial charge on any atom is 0.229 e. The van der Waals surface area contributed by atoms with Crippen molar-refractivity contribution in [1.82, 2.24) is 10.4 Å². The molecule has 0 saturated carbocycles. The third kappa shape index (κ3) is 2.57. The molecule has 90 valence electrons. The Morgan fingerprint density at radius 1 is 1.47 bits per heavy atom. The Morgan fingerprint density at radius 3 is 2.82 bits per heavy atom. The summed E-state index contributed by atoms with van der Waals surface area (Å²) in [5.74, 6) is 6.13. The number of hydrazine groups is 1. The first kappa shape index (κ1) is 11.9. The molecule has 1 unspecified atom stereocenters. The Labute approximate surface area is 105 Å². The molecule has 3 N–H and O–H groups in total. The molecule has 0 bridgehead atoms. The molecule has 0 saturated heterocycles. The van der Waals surface area contributed by atoms with Crippen LogP contribution in [0.5, 0.6) is 0 Å². The molecule has 0 fully saturated rings. The topological polar surface area (TPSA) is 66.0 Å². The Hall–Kier alpha value is -1.59. The lowest BCUT2D eigenvalue weighted by atomic mass is 10.0. The number of guanidine groups is 1. The highest BCUT2D eigenvalue weighted by Crippen LogP contribution is 2.15. The number of nitrogens with one attached hydrogen (secondary N) is 1. The number of nitrogens with zero attached hydrogens (tertiary/aromatic N) is 3. The van der Waals surface area contributed by atoms with E-state index in [1.54, 1.807) is 7.05 Å². The van der Waals surface area contributed by atoms with Gasteiger partial charge in [0.15, 0.2) is 0 Å². The SMILES string of the molecule is CC1N=C(N(C)N)NN=C1c1cccc(Cl)c1. The average molecular weight is 252 g/mol. The number of rotatable bonds is 1. The van der Waals surface area contributed by atoms with Gasteiger partial charge in [0.2, 0.25) is 5.96 Å². The van der Waals surface area contributed by atoms with Gasteiger partial charge in [-0.1, -0.05) is 23.7 Å². The second kappa shape index (κ2) is 4.73. The van der Waals surface area contributed by atoms with Crippen LogP contribution in [0.4, 0.5) is 0 Å². The molecule has 6 heteroatoms. The summed E-state index contributed by atoms with van der Waals surface area (Å²) in [5, 5.41) is 6.36. The zero-order valence-electron chi connectivity index (χ0n) is 9.68.